The third kappa shape index (κ3) is 4.83. The van der Waals surface area contributed by atoms with Crippen LogP contribution in [0.5, 0.6) is 0 Å². The number of amides is 1. The Morgan fingerprint density at radius 3 is 2.50 bits per heavy atom. The average Bonchev–Trinajstić information content (AvgIpc) is 3.24. The zero-order valence-corrected chi connectivity index (χ0v) is 18.9. The molecular formula is C27H21F3N2O4. The van der Waals surface area contributed by atoms with Crippen LogP contribution in [0.1, 0.15) is 11.1 Å². The molecule has 4 aromatic rings. The number of pyridine rings is 1. The molecule has 6 nitrogen and oxygen atoms in total. The third-order valence-corrected chi connectivity index (χ3v) is 5.95. The molecule has 9 heteroatoms. The summed E-state index contributed by atoms with van der Waals surface area (Å²) >= 11 is 0. The SMILES string of the molecule is O=C1O[C@@H](COCc2ccccc2)CN1c1ccc2cc(-c3ccccc3C(F)(F)F)[nH]c(=O)c2c1. The van der Waals surface area contributed by atoms with Crippen molar-refractivity contribution in [2.24, 2.45) is 0 Å². The predicted molar refractivity (Wildman–Crippen MR) is 129 cm³/mol. The first kappa shape index (κ1) is 23.6. The minimum absolute atomic E-state index is 0.0596. The monoisotopic (exact) mass is 494 g/mol. The highest BCUT2D eigenvalue weighted by Gasteiger charge is 2.34. The number of carbonyl (C=O) groups is 1. The van der Waals surface area contributed by atoms with Crippen LogP contribution in [0.15, 0.2) is 83.7 Å². The largest absolute Gasteiger partial charge is 0.441 e. The molecule has 0 bridgehead atoms. The molecule has 1 atom stereocenters. The van der Waals surface area contributed by atoms with Crippen LogP contribution in [-0.4, -0.2) is 30.3 Å². The van der Waals surface area contributed by atoms with Crippen LogP contribution in [0.4, 0.5) is 23.7 Å². The molecule has 1 amide bonds. The number of nitrogens with one attached hydrogen (secondary N) is 1. The van der Waals surface area contributed by atoms with Crippen molar-refractivity contribution in [1.82, 2.24) is 4.98 Å². The van der Waals surface area contributed by atoms with Crippen LogP contribution >= 0.6 is 0 Å². The number of ether oxygens (including phenoxy) is 2. The molecule has 1 saturated heterocycles. The maximum absolute atomic E-state index is 13.5. The predicted octanol–water partition coefficient (Wildman–Crippen LogP) is 5.76. The van der Waals surface area contributed by atoms with Crippen molar-refractivity contribution in [1.29, 1.82) is 0 Å². The minimum atomic E-state index is -4.57. The number of cyclic esters (lactones) is 1. The van der Waals surface area contributed by atoms with Crippen molar-refractivity contribution >= 4 is 22.6 Å². The van der Waals surface area contributed by atoms with E-state index in [0.717, 1.165) is 11.6 Å². The van der Waals surface area contributed by atoms with Gasteiger partial charge in [0.1, 0.15) is 6.10 Å². The van der Waals surface area contributed by atoms with E-state index in [1.54, 1.807) is 12.1 Å². The van der Waals surface area contributed by atoms with Crippen LogP contribution in [0.2, 0.25) is 0 Å². The van der Waals surface area contributed by atoms with Gasteiger partial charge in [-0.15, -0.1) is 0 Å². The Hall–Kier alpha value is -4.11. The van der Waals surface area contributed by atoms with Gasteiger partial charge in [-0.25, -0.2) is 4.79 Å². The number of aromatic amines is 1. The summed E-state index contributed by atoms with van der Waals surface area (Å²) < 4.78 is 51.4. The number of hydrogen-bond donors (Lipinski definition) is 1. The van der Waals surface area contributed by atoms with E-state index in [1.807, 2.05) is 30.3 Å². The van der Waals surface area contributed by atoms with Crippen molar-refractivity contribution < 1.29 is 27.4 Å². The van der Waals surface area contributed by atoms with Gasteiger partial charge >= 0.3 is 12.3 Å². The van der Waals surface area contributed by atoms with Crippen LogP contribution in [-0.2, 0) is 22.3 Å². The summed E-state index contributed by atoms with van der Waals surface area (Å²) in [7, 11) is 0. The number of fused-ring (bicyclic) bond motifs is 1. The van der Waals surface area contributed by atoms with Gasteiger partial charge in [-0.05, 0) is 35.2 Å². The molecule has 1 fully saturated rings. The number of rotatable bonds is 6. The molecule has 1 N–H and O–H groups in total. The Kier molecular flexibility index (Phi) is 6.24. The van der Waals surface area contributed by atoms with Gasteiger partial charge in [0, 0.05) is 22.3 Å². The van der Waals surface area contributed by atoms with Crippen molar-refractivity contribution in [2.45, 2.75) is 18.9 Å². The fourth-order valence-electron chi connectivity index (χ4n) is 4.23. The first-order valence-electron chi connectivity index (χ1n) is 11.2. The van der Waals surface area contributed by atoms with Crippen LogP contribution < -0.4 is 10.5 Å². The number of carbonyl (C=O) groups excluding carboxylic acids is 1. The minimum Gasteiger partial charge on any atom is -0.441 e. The second kappa shape index (κ2) is 9.50. The highest BCUT2D eigenvalue weighted by molar-refractivity contribution is 5.94. The summed E-state index contributed by atoms with van der Waals surface area (Å²) in [6.45, 7) is 0.849. The summed E-state index contributed by atoms with van der Waals surface area (Å²) in [5.74, 6) is 0. The molecule has 1 aliphatic rings. The van der Waals surface area contributed by atoms with Crippen molar-refractivity contribution in [3.05, 3.63) is 100 Å². The topological polar surface area (TPSA) is 71.6 Å². The van der Waals surface area contributed by atoms with E-state index < -0.39 is 29.5 Å². The van der Waals surface area contributed by atoms with Gasteiger partial charge in [-0.3, -0.25) is 9.69 Å². The van der Waals surface area contributed by atoms with Crippen molar-refractivity contribution in [3.8, 4) is 11.3 Å². The van der Waals surface area contributed by atoms with Gasteiger partial charge in [0.25, 0.3) is 5.56 Å². The average molecular weight is 494 g/mol. The molecule has 184 valence electrons. The number of benzene rings is 3. The second-order valence-corrected chi connectivity index (χ2v) is 8.44. The van der Waals surface area contributed by atoms with Crippen molar-refractivity contribution in [2.75, 3.05) is 18.1 Å². The van der Waals surface area contributed by atoms with Gasteiger partial charge in [0.15, 0.2) is 0 Å². The van der Waals surface area contributed by atoms with Gasteiger partial charge in [0.2, 0.25) is 0 Å². The molecule has 0 aliphatic carbocycles. The lowest BCUT2D eigenvalue weighted by Crippen LogP contribution is -2.26. The van der Waals surface area contributed by atoms with E-state index in [1.165, 1.54) is 35.2 Å². The summed E-state index contributed by atoms with van der Waals surface area (Å²) in [4.78, 5) is 29.3. The number of nitrogens with zero attached hydrogens (tertiary/aromatic N) is 1. The molecule has 0 saturated carbocycles. The van der Waals surface area contributed by atoms with E-state index in [2.05, 4.69) is 4.98 Å². The van der Waals surface area contributed by atoms with Gasteiger partial charge < -0.3 is 14.5 Å². The Labute approximate surface area is 203 Å². The number of alkyl halides is 3. The highest BCUT2D eigenvalue weighted by Crippen LogP contribution is 2.36. The number of H-pyrrole nitrogens is 1. The normalized spacial score (nSPS) is 15.9. The first-order chi connectivity index (χ1) is 17.3. The van der Waals surface area contributed by atoms with E-state index in [-0.39, 0.29) is 29.8 Å². The molecule has 3 aromatic carbocycles. The quantitative estimate of drug-likeness (QED) is 0.370. The maximum Gasteiger partial charge on any atom is 0.417 e. The van der Waals surface area contributed by atoms with E-state index in [0.29, 0.717) is 17.7 Å². The summed E-state index contributed by atoms with van der Waals surface area (Å²) in [6, 6.07) is 20.9. The maximum atomic E-state index is 13.5. The first-order valence-corrected chi connectivity index (χ1v) is 11.2. The summed E-state index contributed by atoms with van der Waals surface area (Å²) in [6.07, 6.45) is -5.60. The molecule has 5 rings (SSSR count). The molecular weight excluding hydrogens is 473 g/mol. The zero-order chi connectivity index (χ0) is 25.3. The molecule has 2 heterocycles. The summed E-state index contributed by atoms with van der Waals surface area (Å²) in [5, 5.41) is 0.696. The lowest BCUT2D eigenvalue weighted by atomic mass is 10.0. The second-order valence-electron chi connectivity index (χ2n) is 8.44. The van der Waals surface area contributed by atoms with Gasteiger partial charge in [0.05, 0.1) is 25.3 Å². The molecule has 0 radical (unpaired) electrons. The Morgan fingerprint density at radius 1 is 0.972 bits per heavy atom. The van der Waals surface area contributed by atoms with Crippen LogP contribution in [0.25, 0.3) is 22.0 Å². The molecule has 1 aromatic heterocycles. The smallest absolute Gasteiger partial charge is 0.417 e. The lowest BCUT2D eigenvalue weighted by molar-refractivity contribution is -0.137. The van der Waals surface area contributed by atoms with E-state index in [4.69, 9.17) is 9.47 Å². The third-order valence-electron chi connectivity index (χ3n) is 5.95. The number of anilines is 1. The van der Waals surface area contributed by atoms with Crippen molar-refractivity contribution in [3.63, 3.8) is 0 Å². The number of aromatic nitrogens is 1. The fourth-order valence-corrected chi connectivity index (χ4v) is 4.23. The Balaban J connectivity index is 1.35. The lowest BCUT2D eigenvalue weighted by Gasteiger charge is -2.15. The molecule has 36 heavy (non-hydrogen) atoms. The number of hydrogen-bond acceptors (Lipinski definition) is 4. The molecule has 1 aliphatic heterocycles. The van der Waals surface area contributed by atoms with Gasteiger partial charge in [-0.1, -0.05) is 54.6 Å². The number of halogens is 3. The fraction of sp³-hybridized carbons (Fsp3) is 0.185. The van der Waals surface area contributed by atoms with Crippen LogP contribution in [0, 0.1) is 0 Å². The molecule has 0 unspecified atom stereocenters. The van der Waals surface area contributed by atoms with E-state index in [9.17, 15) is 22.8 Å². The van der Waals surface area contributed by atoms with Gasteiger partial charge in [-0.2, -0.15) is 13.2 Å². The molecule has 0 spiro atoms. The Morgan fingerprint density at radius 2 is 1.72 bits per heavy atom. The van der Waals surface area contributed by atoms with E-state index >= 15 is 0 Å². The summed E-state index contributed by atoms with van der Waals surface area (Å²) in [5.41, 5.74) is 0.00387. The van der Waals surface area contributed by atoms with Crippen LogP contribution in [0.3, 0.4) is 0 Å². The standard InChI is InChI=1S/C27H21F3N2O4/c28-27(29,30)23-9-5-4-8-21(23)24-12-18-10-11-19(13-22(18)25(33)31-24)32-14-20(36-26(32)34)16-35-15-17-6-2-1-3-7-17/h1-13,20H,14-16H2,(H,31,33)/t20-/m1/s1. The highest BCUT2D eigenvalue weighted by atomic mass is 19.4. The zero-order valence-electron chi connectivity index (χ0n) is 18.9. The Bertz CT molecular complexity index is 1470.